The second-order valence-corrected chi connectivity index (χ2v) is 6.36. The molecule has 0 unspecified atom stereocenters. The first-order valence-corrected chi connectivity index (χ1v) is 7.70. The number of halogens is 4. The van der Waals surface area contributed by atoms with E-state index in [2.05, 4.69) is 0 Å². The zero-order valence-corrected chi connectivity index (χ0v) is 12.2. The van der Waals surface area contributed by atoms with Gasteiger partial charge in [0, 0.05) is 16.8 Å². The van der Waals surface area contributed by atoms with Crippen LogP contribution in [0.2, 0.25) is 10.0 Å². The second-order valence-electron chi connectivity index (χ2n) is 3.08. The summed E-state index contributed by atoms with van der Waals surface area (Å²) in [5.41, 5.74) is 0. The van der Waals surface area contributed by atoms with E-state index in [-0.39, 0.29) is 22.5 Å². The fraction of sp³-hybridized carbons (Fsp3) is 0.333. The van der Waals surface area contributed by atoms with Crippen LogP contribution in [-0.4, -0.2) is 25.4 Å². The first kappa shape index (κ1) is 15.2. The Morgan fingerprint density at radius 3 is 2.24 bits per heavy atom. The molecule has 0 aliphatic carbocycles. The molecule has 0 spiro atoms. The SMILES string of the molecule is O=S(=O)(Oc1ccc(Cl)cc1Cl)C(CCl)CCl. The number of hydrogen-bond donors (Lipinski definition) is 0. The Morgan fingerprint density at radius 2 is 1.76 bits per heavy atom. The molecule has 1 aromatic carbocycles. The van der Waals surface area contributed by atoms with E-state index < -0.39 is 15.4 Å². The highest BCUT2D eigenvalue weighted by molar-refractivity contribution is 7.87. The molecule has 0 aliphatic heterocycles. The highest BCUT2D eigenvalue weighted by Gasteiger charge is 2.26. The third-order valence-corrected chi connectivity index (χ3v) is 5.06. The maximum atomic E-state index is 11.7. The van der Waals surface area contributed by atoms with Gasteiger partial charge in [0.25, 0.3) is 0 Å². The minimum absolute atomic E-state index is 0.00343. The van der Waals surface area contributed by atoms with E-state index in [1.807, 2.05) is 0 Å². The molecule has 3 nitrogen and oxygen atoms in total. The van der Waals surface area contributed by atoms with Crippen molar-refractivity contribution in [2.45, 2.75) is 5.25 Å². The third kappa shape index (κ3) is 4.07. The second kappa shape index (κ2) is 6.34. The van der Waals surface area contributed by atoms with Crippen molar-refractivity contribution in [3.63, 3.8) is 0 Å². The van der Waals surface area contributed by atoms with Crippen LogP contribution in [0.1, 0.15) is 0 Å². The lowest BCUT2D eigenvalue weighted by molar-refractivity contribution is 0.478. The van der Waals surface area contributed by atoms with Crippen molar-refractivity contribution in [3.8, 4) is 5.75 Å². The van der Waals surface area contributed by atoms with Crippen LogP contribution in [-0.2, 0) is 10.1 Å². The van der Waals surface area contributed by atoms with Crippen molar-refractivity contribution in [3.05, 3.63) is 28.2 Å². The first-order valence-electron chi connectivity index (χ1n) is 4.41. The van der Waals surface area contributed by atoms with Gasteiger partial charge in [0.05, 0.1) is 5.02 Å². The molecule has 0 radical (unpaired) electrons. The number of hydrogen-bond acceptors (Lipinski definition) is 3. The average molecular weight is 338 g/mol. The molecule has 0 N–H and O–H groups in total. The maximum absolute atomic E-state index is 11.7. The zero-order chi connectivity index (χ0) is 13.1. The number of alkyl halides is 2. The topological polar surface area (TPSA) is 43.4 Å². The monoisotopic (exact) mass is 336 g/mol. The Kier molecular flexibility index (Phi) is 5.67. The summed E-state index contributed by atoms with van der Waals surface area (Å²) < 4.78 is 28.3. The lowest BCUT2D eigenvalue weighted by atomic mass is 10.3. The van der Waals surface area contributed by atoms with E-state index in [1.54, 1.807) is 0 Å². The van der Waals surface area contributed by atoms with Crippen molar-refractivity contribution in [1.29, 1.82) is 0 Å². The highest BCUT2D eigenvalue weighted by atomic mass is 35.5. The molecule has 1 aromatic rings. The molecule has 96 valence electrons. The van der Waals surface area contributed by atoms with Crippen molar-refractivity contribution < 1.29 is 12.6 Å². The molecule has 1 rings (SSSR count). The molecule has 0 saturated heterocycles. The van der Waals surface area contributed by atoms with Crippen LogP contribution in [0.15, 0.2) is 18.2 Å². The molecule has 0 atom stereocenters. The van der Waals surface area contributed by atoms with Gasteiger partial charge >= 0.3 is 10.1 Å². The predicted octanol–water partition coefficient (Wildman–Crippen LogP) is 3.55. The van der Waals surface area contributed by atoms with Crippen LogP contribution in [0.5, 0.6) is 5.75 Å². The van der Waals surface area contributed by atoms with E-state index in [0.29, 0.717) is 5.02 Å². The minimum Gasteiger partial charge on any atom is -0.381 e. The maximum Gasteiger partial charge on any atom is 0.314 e. The van der Waals surface area contributed by atoms with E-state index in [4.69, 9.17) is 50.6 Å². The van der Waals surface area contributed by atoms with Gasteiger partial charge in [0.1, 0.15) is 5.25 Å². The molecule has 0 heterocycles. The predicted molar refractivity (Wildman–Crippen MR) is 71.2 cm³/mol. The van der Waals surface area contributed by atoms with Gasteiger partial charge in [-0.15, -0.1) is 23.2 Å². The van der Waals surface area contributed by atoms with E-state index in [0.717, 1.165) is 0 Å². The van der Waals surface area contributed by atoms with Crippen molar-refractivity contribution in [2.75, 3.05) is 11.8 Å². The van der Waals surface area contributed by atoms with Crippen LogP contribution in [0.25, 0.3) is 0 Å². The normalized spacial score (nSPS) is 11.8. The van der Waals surface area contributed by atoms with E-state index >= 15 is 0 Å². The summed E-state index contributed by atoms with van der Waals surface area (Å²) in [5, 5.41) is -0.507. The van der Waals surface area contributed by atoms with Crippen LogP contribution in [0.3, 0.4) is 0 Å². The van der Waals surface area contributed by atoms with Gasteiger partial charge in [-0.1, -0.05) is 23.2 Å². The molecule has 0 aromatic heterocycles. The van der Waals surface area contributed by atoms with Gasteiger partial charge in [-0.2, -0.15) is 8.42 Å². The summed E-state index contributed by atoms with van der Waals surface area (Å²) in [6, 6.07) is 4.21. The Hall–Kier alpha value is 0.130. The van der Waals surface area contributed by atoms with Crippen LogP contribution in [0, 0.1) is 0 Å². The van der Waals surface area contributed by atoms with Crippen molar-refractivity contribution in [1.82, 2.24) is 0 Å². The molecule has 0 saturated carbocycles. The Balaban J connectivity index is 2.98. The largest absolute Gasteiger partial charge is 0.381 e. The summed E-state index contributed by atoms with van der Waals surface area (Å²) >= 11 is 22.4. The fourth-order valence-corrected chi connectivity index (χ4v) is 3.52. The van der Waals surface area contributed by atoms with Crippen molar-refractivity contribution >= 4 is 56.5 Å². The Morgan fingerprint density at radius 1 is 1.18 bits per heavy atom. The fourth-order valence-electron chi connectivity index (χ4n) is 0.932. The van der Waals surface area contributed by atoms with E-state index in [1.165, 1.54) is 18.2 Å². The molecular weight excluding hydrogens is 330 g/mol. The standard InChI is InChI=1S/C9H8Cl4O3S/c10-4-7(5-11)17(14,15)16-9-2-1-6(12)3-8(9)13/h1-3,7H,4-5H2. The first-order chi connectivity index (χ1) is 7.90. The molecule has 8 heteroatoms. The van der Waals surface area contributed by atoms with Gasteiger partial charge in [-0.25, -0.2) is 0 Å². The smallest absolute Gasteiger partial charge is 0.314 e. The quantitative estimate of drug-likeness (QED) is 0.609. The average Bonchev–Trinajstić information content (AvgIpc) is 2.23. The molecule has 0 aliphatic rings. The summed E-state index contributed by atoms with van der Waals surface area (Å²) in [5.74, 6) is -0.315. The Labute approximate surface area is 120 Å². The molecule has 0 bridgehead atoms. The minimum atomic E-state index is -3.90. The van der Waals surface area contributed by atoms with Gasteiger partial charge < -0.3 is 4.18 Å². The number of benzene rings is 1. The van der Waals surface area contributed by atoms with Gasteiger partial charge in [0.15, 0.2) is 5.75 Å². The van der Waals surface area contributed by atoms with E-state index in [9.17, 15) is 8.42 Å². The highest BCUT2D eigenvalue weighted by Crippen LogP contribution is 2.29. The van der Waals surface area contributed by atoms with Gasteiger partial charge in [-0.3, -0.25) is 0 Å². The van der Waals surface area contributed by atoms with Crippen LogP contribution < -0.4 is 4.18 Å². The zero-order valence-electron chi connectivity index (χ0n) is 8.37. The van der Waals surface area contributed by atoms with Crippen LogP contribution in [0.4, 0.5) is 0 Å². The molecule has 0 amide bonds. The third-order valence-electron chi connectivity index (χ3n) is 1.85. The summed E-state index contributed by atoms with van der Waals surface area (Å²) in [6.07, 6.45) is 0. The lowest BCUT2D eigenvalue weighted by Crippen LogP contribution is -2.29. The lowest BCUT2D eigenvalue weighted by Gasteiger charge is -2.13. The van der Waals surface area contributed by atoms with Crippen molar-refractivity contribution in [2.24, 2.45) is 0 Å². The van der Waals surface area contributed by atoms with Gasteiger partial charge in [-0.05, 0) is 18.2 Å². The number of rotatable bonds is 5. The molecule has 0 fully saturated rings. The summed E-state index contributed by atoms with van der Waals surface area (Å²) in [6.45, 7) is 0. The Bertz CT molecular complexity index is 485. The molecular formula is C9H8Cl4O3S. The summed E-state index contributed by atoms with van der Waals surface area (Å²) in [7, 11) is -3.90. The van der Waals surface area contributed by atoms with Gasteiger partial charge in [0.2, 0.25) is 0 Å². The summed E-state index contributed by atoms with van der Waals surface area (Å²) in [4.78, 5) is 0. The van der Waals surface area contributed by atoms with Crippen LogP contribution >= 0.6 is 46.4 Å². The molecule has 17 heavy (non-hydrogen) atoms.